The van der Waals surface area contributed by atoms with Gasteiger partial charge in [-0.3, -0.25) is 0 Å². The lowest BCUT2D eigenvalue weighted by Crippen LogP contribution is -2.03. The van der Waals surface area contributed by atoms with E-state index in [1.54, 1.807) is 6.20 Å². The molecule has 0 spiro atoms. The van der Waals surface area contributed by atoms with E-state index < -0.39 is 0 Å². The average Bonchev–Trinajstić information content (AvgIpc) is 2.91. The van der Waals surface area contributed by atoms with Crippen LogP contribution in [0.1, 0.15) is 42.6 Å². The Bertz CT molecular complexity index is 506. The second-order valence-corrected chi connectivity index (χ2v) is 4.39. The molecule has 1 heterocycles. The zero-order valence-electron chi connectivity index (χ0n) is 10.6. The molecule has 3 nitrogen and oxygen atoms in total. The highest BCUT2D eigenvalue weighted by Gasteiger charge is 2.15. The van der Waals surface area contributed by atoms with Gasteiger partial charge < -0.3 is 4.98 Å². The van der Waals surface area contributed by atoms with Crippen molar-refractivity contribution in [2.45, 2.75) is 32.1 Å². The van der Waals surface area contributed by atoms with Crippen LogP contribution in [0.25, 0.3) is 0 Å². The topological polar surface area (TPSA) is 52.5 Å². The zero-order chi connectivity index (χ0) is 12.8. The Kier molecular flexibility index (Phi) is 4.14. The van der Waals surface area contributed by atoms with Crippen molar-refractivity contribution in [1.82, 2.24) is 9.97 Å². The van der Waals surface area contributed by atoms with Crippen LogP contribution in [-0.4, -0.2) is 9.97 Å². The first kappa shape index (κ1) is 12.4. The standard InChI is InChI=1S/C15H17N3/c1-2-3-14(15-17-10-11-18-15)13-6-4-12(5-7-13)8-9-16/h4-7,10-11,14H,2-3,8H2,1H3,(H,17,18). The van der Waals surface area contributed by atoms with E-state index in [9.17, 15) is 0 Å². The van der Waals surface area contributed by atoms with Gasteiger partial charge in [0.2, 0.25) is 0 Å². The molecule has 0 radical (unpaired) electrons. The fourth-order valence-electron chi connectivity index (χ4n) is 2.18. The van der Waals surface area contributed by atoms with Crippen LogP contribution < -0.4 is 0 Å². The predicted molar refractivity (Wildman–Crippen MR) is 71.1 cm³/mol. The van der Waals surface area contributed by atoms with Crippen LogP contribution in [0.15, 0.2) is 36.7 Å². The van der Waals surface area contributed by atoms with Crippen molar-refractivity contribution in [3.05, 3.63) is 53.6 Å². The molecular weight excluding hydrogens is 222 g/mol. The Morgan fingerprint density at radius 3 is 2.67 bits per heavy atom. The molecule has 2 rings (SSSR count). The molecule has 3 heteroatoms. The lowest BCUT2D eigenvalue weighted by Gasteiger charge is -2.14. The quantitative estimate of drug-likeness (QED) is 0.869. The van der Waals surface area contributed by atoms with Gasteiger partial charge in [-0.25, -0.2) is 4.98 Å². The minimum atomic E-state index is 0.320. The van der Waals surface area contributed by atoms with Crippen molar-refractivity contribution in [2.24, 2.45) is 0 Å². The summed E-state index contributed by atoms with van der Waals surface area (Å²) in [5, 5.41) is 8.67. The van der Waals surface area contributed by atoms with Gasteiger partial charge in [0.25, 0.3) is 0 Å². The molecule has 1 atom stereocenters. The first-order valence-corrected chi connectivity index (χ1v) is 6.30. The third kappa shape index (κ3) is 2.78. The largest absolute Gasteiger partial charge is 0.348 e. The van der Waals surface area contributed by atoms with Crippen molar-refractivity contribution in [2.75, 3.05) is 0 Å². The van der Waals surface area contributed by atoms with Crippen LogP contribution in [0.3, 0.4) is 0 Å². The summed E-state index contributed by atoms with van der Waals surface area (Å²) in [6.07, 6.45) is 6.32. The van der Waals surface area contributed by atoms with Crippen molar-refractivity contribution in [1.29, 1.82) is 5.26 Å². The smallest absolute Gasteiger partial charge is 0.113 e. The summed E-state index contributed by atoms with van der Waals surface area (Å²) < 4.78 is 0. The van der Waals surface area contributed by atoms with Gasteiger partial charge in [0.15, 0.2) is 0 Å². The van der Waals surface area contributed by atoms with E-state index in [2.05, 4.69) is 35.1 Å². The van der Waals surface area contributed by atoms with E-state index in [0.29, 0.717) is 12.3 Å². The Morgan fingerprint density at radius 2 is 2.11 bits per heavy atom. The molecule has 92 valence electrons. The normalized spacial score (nSPS) is 12.0. The second kappa shape index (κ2) is 6.02. The minimum absolute atomic E-state index is 0.320. The Labute approximate surface area is 107 Å². The van der Waals surface area contributed by atoms with Crippen molar-refractivity contribution >= 4 is 0 Å². The van der Waals surface area contributed by atoms with Crippen LogP contribution in [0.4, 0.5) is 0 Å². The van der Waals surface area contributed by atoms with Gasteiger partial charge >= 0.3 is 0 Å². The highest BCUT2D eigenvalue weighted by atomic mass is 14.9. The zero-order valence-corrected chi connectivity index (χ0v) is 10.6. The van der Waals surface area contributed by atoms with Crippen LogP contribution in [0, 0.1) is 11.3 Å². The number of hydrogen-bond donors (Lipinski definition) is 1. The fraction of sp³-hybridized carbons (Fsp3) is 0.333. The van der Waals surface area contributed by atoms with Gasteiger partial charge in [0.1, 0.15) is 5.82 Å². The minimum Gasteiger partial charge on any atom is -0.348 e. The molecule has 0 aliphatic rings. The van der Waals surface area contributed by atoms with Gasteiger partial charge in [-0.1, -0.05) is 37.6 Å². The van der Waals surface area contributed by atoms with Gasteiger partial charge in [0, 0.05) is 18.3 Å². The summed E-state index contributed by atoms with van der Waals surface area (Å²) in [5.41, 5.74) is 2.32. The molecule has 1 N–H and O–H groups in total. The van der Waals surface area contributed by atoms with Gasteiger partial charge in [-0.2, -0.15) is 5.26 Å². The molecule has 1 aromatic carbocycles. The van der Waals surface area contributed by atoms with Crippen molar-refractivity contribution in [3.8, 4) is 6.07 Å². The molecular formula is C15H17N3. The number of nitrogens with zero attached hydrogens (tertiary/aromatic N) is 2. The average molecular weight is 239 g/mol. The monoisotopic (exact) mass is 239 g/mol. The van der Waals surface area contributed by atoms with E-state index in [1.165, 1.54) is 5.56 Å². The maximum atomic E-state index is 8.67. The molecule has 0 aliphatic heterocycles. The van der Waals surface area contributed by atoms with Crippen LogP contribution in [-0.2, 0) is 6.42 Å². The summed E-state index contributed by atoms with van der Waals surface area (Å²) in [6, 6.07) is 10.4. The number of aromatic nitrogens is 2. The maximum Gasteiger partial charge on any atom is 0.113 e. The number of nitriles is 1. The van der Waals surface area contributed by atoms with Crippen LogP contribution >= 0.6 is 0 Å². The third-order valence-electron chi connectivity index (χ3n) is 3.09. The molecule has 1 aromatic heterocycles. The Balaban J connectivity index is 2.23. The van der Waals surface area contributed by atoms with Crippen molar-refractivity contribution < 1.29 is 0 Å². The summed E-state index contributed by atoms with van der Waals surface area (Å²) in [6.45, 7) is 2.18. The second-order valence-electron chi connectivity index (χ2n) is 4.39. The van der Waals surface area contributed by atoms with E-state index in [1.807, 2.05) is 18.3 Å². The number of aromatic amines is 1. The molecule has 18 heavy (non-hydrogen) atoms. The maximum absolute atomic E-state index is 8.67. The van der Waals surface area contributed by atoms with E-state index in [4.69, 9.17) is 5.26 Å². The molecule has 1 unspecified atom stereocenters. The van der Waals surface area contributed by atoms with Crippen LogP contribution in [0.2, 0.25) is 0 Å². The highest BCUT2D eigenvalue weighted by Crippen LogP contribution is 2.26. The summed E-state index contributed by atoms with van der Waals surface area (Å²) >= 11 is 0. The first-order valence-electron chi connectivity index (χ1n) is 6.30. The van der Waals surface area contributed by atoms with Crippen molar-refractivity contribution in [3.63, 3.8) is 0 Å². The molecule has 0 fully saturated rings. The molecule has 0 bridgehead atoms. The number of hydrogen-bond acceptors (Lipinski definition) is 2. The number of imidazole rings is 1. The number of nitrogens with one attached hydrogen (secondary N) is 1. The summed E-state index contributed by atoms with van der Waals surface area (Å²) in [4.78, 5) is 7.56. The van der Waals surface area contributed by atoms with Crippen LogP contribution in [0.5, 0.6) is 0 Å². The molecule has 0 amide bonds. The predicted octanol–water partition coefficient (Wildman–Crippen LogP) is 3.41. The molecule has 2 aromatic rings. The van der Waals surface area contributed by atoms with E-state index in [-0.39, 0.29) is 0 Å². The first-order chi connectivity index (χ1) is 8.85. The van der Waals surface area contributed by atoms with E-state index >= 15 is 0 Å². The van der Waals surface area contributed by atoms with Gasteiger partial charge in [-0.15, -0.1) is 0 Å². The summed E-state index contributed by atoms with van der Waals surface area (Å²) in [5.74, 6) is 1.34. The SMILES string of the molecule is CCCC(c1ccc(CC#N)cc1)c1ncc[nH]1. The summed E-state index contributed by atoms with van der Waals surface area (Å²) in [7, 11) is 0. The van der Waals surface area contributed by atoms with Gasteiger partial charge in [-0.05, 0) is 17.5 Å². The lowest BCUT2D eigenvalue weighted by atomic mass is 9.93. The number of benzene rings is 1. The Hall–Kier alpha value is -2.08. The molecule has 0 aliphatic carbocycles. The highest BCUT2D eigenvalue weighted by molar-refractivity contribution is 5.30. The molecule has 0 saturated heterocycles. The molecule has 0 saturated carbocycles. The number of H-pyrrole nitrogens is 1. The Morgan fingerprint density at radius 1 is 1.33 bits per heavy atom. The lowest BCUT2D eigenvalue weighted by molar-refractivity contribution is 0.666. The third-order valence-corrected chi connectivity index (χ3v) is 3.09. The van der Waals surface area contributed by atoms with E-state index in [0.717, 1.165) is 24.2 Å². The fourth-order valence-corrected chi connectivity index (χ4v) is 2.18. The van der Waals surface area contributed by atoms with Gasteiger partial charge in [0.05, 0.1) is 12.5 Å². The number of rotatable bonds is 5.